The number of rotatable bonds is 20. The molecule has 0 saturated heterocycles. The smallest absolute Gasteiger partial charge is 0.303 e. The highest BCUT2D eigenvalue weighted by Crippen LogP contribution is 2.14. The third-order valence-corrected chi connectivity index (χ3v) is 5.18. The molecule has 0 spiro atoms. The molecule has 0 radical (unpaired) electrons. The van der Waals surface area contributed by atoms with Crippen molar-refractivity contribution in [1.29, 1.82) is 0 Å². The minimum absolute atomic E-state index is 0.333. The highest BCUT2D eigenvalue weighted by atomic mass is 16.4. The molecule has 0 atom stereocenters. The van der Waals surface area contributed by atoms with E-state index in [0.29, 0.717) is 13.0 Å². The first-order valence-electron chi connectivity index (χ1n) is 12.4. The summed E-state index contributed by atoms with van der Waals surface area (Å²) in [6.45, 7) is 7.13. The Morgan fingerprint density at radius 1 is 0.643 bits per heavy atom. The zero-order valence-electron chi connectivity index (χ0n) is 19.5. The predicted molar refractivity (Wildman–Crippen MR) is 123 cm³/mol. The van der Waals surface area contributed by atoms with Gasteiger partial charge in [-0.15, -0.1) is 0 Å². The van der Waals surface area contributed by atoms with Gasteiger partial charge in [-0.3, -0.25) is 4.79 Å². The maximum absolute atomic E-state index is 9.96. The lowest BCUT2D eigenvalue weighted by Gasteiger charge is -2.04. The number of aliphatic hydroxyl groups is 1. The lowest BCUT2D eigenvalue weighted by molar-refractivity contribution is -0.137. The van der Waals surface area contributed by atoms with Gasteiger partial charge in [-0.1, -0.05) is 124 Å². The van der Waals surface area contributed by atoms with Crippen LogP contribution in [0.4, 0.5) is 0 Å². The van der Waals surface area contributed by atoms with Gasteiger partial charge in [0.25, 0.3) is 0 Å². The van der Waals surface area contributed by atoms with Crippen LogP contribution in [0.1, 0.15) is 143 Å². The summed E-state index contributed by atoms with van der Waals surface area (Å²) in [5, 5.41) is 16.9. The zero-order valence-corrected chi connectivity index (χ0v) is 19.5. The van der Waals surface area contributed by atoms with E-state index in [4.69, 9.17) is 10.2 Å². The first-order valence-corrected chi connectivity index (χ1v) is 12.4. The molecule has 0 amide bonds. The van der Waals surface area contributed by atoms with Crippen LogP contribution in [0.5, 0.6) is 0 Å². The van der Waals surface area contributed by atoms with Gasteiger partial charge in [0.15, 0.2) is 0 Å². The van der Waals surface area contributed by atoms with Crippen molar-refractivity contribution >= 4 is 5.97 Å². The summed E-state index contributed by atoms with van der Waals surface area (Å²) in [5.41, 5.74) is 0. The molecule has 170 valence electrons. The van der Waals surface area contributed by atoms with Crippen molar-refractivity contribution in [1.82, 2.24) is 0 Å². The maximum Gasteiger partial charge on any atom is 0.303 e. The van der Waals surface area contributed by atoms with Gasteiger partial charge >= 0.3 is 5.97 Å². The number of carboxylic acids is 1. The SMILES string of the molecule is CC(C)CCCCCCCCCCCCCCCO.CCCCCCC(=O)O. The molecule has 0 aliphatic heterocycles. The Bertz CT molecular complexity index is 290. The first kappa shape index (κ1) is 29.6. The van der Waals surface area contributed by atoms with E-state index in [1.165, 1.54) is 89.9 Å². The highest BCUT2D eigenvalue weighted by Gasteiger charge is 1.96. The molecule has 0 heterocycles. The molecule has 0 bridgehead atoms. The van der Waals surface area contributed by atoms with Crippen LogP contribution in [-0.2, 0) is 4.79 Å². The molecule has 0 aliphatic carbocycles. The Labute approximate surface area is 176 Å². The largest absolute Gasteiger partial charge is 0.481 e. The minimum Gasteiger partial charge on any atom is -0.481 e. The first-order chi connectivity index (χ1) is 13.5. The average Bonchev–Trinajstić information content (AvgIpc) is 2.66. The van der Waals surface area contributed by atoms with Gasteiger partial charge < -0.3 is 10.2 Å². The molecule has 3 nitrogen and oxygen atoms in total. The Morgan fingerprint density at radius 3 is 1.39 bits per heavy atom. The third-order valence-electron chi connectivity index (χ3n) is 5.18. The van der Waals surface area contributed by atoms with Crippen LogP contribution in [0.25, 0.3) is 0 Å². The van der Waals surface area contributed by atoms with Crippen LogP contribution in [0.15, 0.2) is 0 Å². The van der Waals surface area contributed by atoms with Crippen molar-refractivity contribution in [2.45, 2.75) is 143 Å². The number of hydrogen-bond acceptors (Lipinski definition) is 2. The molecule has 28 heavy (non-hydrogen) atoms. The standard InChI is InChI=1S/C18H38O.C7H14O2/c1-18(2)16-14-12-10-8-6-4-3-5-7-9-11-13-15-17-19;1-2-3-4-5-6-7(8)9/h18-19H,3-17H2,1-2H3;2-6H2,1H3,(H,8,9). The number of unbranched alkanes of at least 4 members (excludes halogenated alkanes) is 15. The Balaban J connectivity index is 0. The normalized spacial score (nSPS) is 10.8. The number of aliphatic hydroxyl groups excluding tert-OH is 1. The minimum atomic E-state index is -0.675. The molecule has 0 aromatic rings. The fraction of sp³-hybridized carbons (Fsp3) is 0.960. The van der Waals surface area contributed by atoms with Crippen LogP contribution in [-0.4, -0.2) is 22.8 Å². The predicted octanol–water partition coefficient (Wildman–Crippen LogP) is 8.14. The van der Waals surface area contributed by atoms with Gasteiger partial charge in [0, 0.05) is 13.0 Å². The van der Waals surface area contributed by atoms with Crippen LogP contribution in [0, 0.1) is 5.92 Å². The fourth-order valence-electron chi connectivity index (χ4n) is 3.31. The van der Waals surface area contributed by atoms with Gasteiger partial charge in [-0.2, -0.15) is 0 Å². The molecule has 0 aromatic heterocycles. The zero-order chi connectivity index (χ0) is 21.3. The van der Waals surface area contributed by atoms with E-state index in [9.17, 15) is 4.79 Å². The highest BCUT2D eigenvalue weighted by molar-refractivity contribution is 5.66. The van der Waals surface area contributed by atoms with E-state index in [0.717, 1.165) is 31.6 Å². The third kappa shape index (κ3) is 33.0. The number of hydrogen-bond donors (Lipinski definition) is 2. The van der Waals surface area contributed by atoms with Crippen molar-refractivity contribution in [3.63, 3.8) is 0 Å². The maximum atomic E-state index is 9.96. The van der Waals surface area contributed by atoms with Crippen molar-refractivity contribution < 1.29 is 15.0 Å². The average molecular weight is 401 g/mol. The molecule has 2 N–H and O–H groups in total. The summed E-state index contributed by atoms with van der Waals surface area (Å²) in [4.78, 5) is 9.96. The second-order valence-electron chi connectivity index (χ2n) is 8.71. The fourth-order valence-corrected chi connectivity index (χ4v) is 3.31. The van der Waals surface area contributed by atoms with Gasteiger partial charge in [0.2, 0.25) is 0 Å². The van der Waals surface area contributed by atoms with Crippen molar-refractivity contribution in [3.8, 4) is 0 Å². The second-order valence-corrected chi connectivity index (χ2v) is 8.71. The summed E-state index contributed by atoms with van der Waals surface area (Å²) in [6.07, 6.45) is 23.8. The topological polar surface area (TPSA) is 57.5 Å². The van der Waals surface area contributed by atoms with Crippen LogP contribution >= 0.6 is 0 Å². The molecule has 0 unspecified atom stereocenters. The molecular weight excluding hydrogens is 348 g/mol. The summed E-state index contributed by atoms with van der Waals surface area (Å²) < 4.78 is 0. The van der Waals surface area contributed by atoms with E-state index in [1.807, 2.05) is 0 Å². The summed E-state index contributed by atoms with van der Waals surface area (Å²) in [7, 11) is 0. The van der Waals surface area contributed by atoms with E-state index < -0.39 is 5.97 Å². The van der Waals surface area contributed by atoms with Gasteiger partial charge in [0.1, 0.15) is 0 Å². The van der Waals surface area contributed by atoms with Crippen molar-refractivity contribution in [3.05, 3.63) is 0 Å². The van der Waals surface area contributed by atoms with E-state index in [-0.39, 0.29) is 0 Å². The number of carbonyl (C=O) groups is 1. The molecular formula is C25H52O3. The summed E-state index contributed by atoms with van der Waals surface area (Å²) in [6, 6.07) is 0. The molecule has 0 aromatic carbocycles. The second kappa shape index (κ2) is 26.4. The van der Waals surface area contributed by atoms with Gasteiger partial charge in [0.05, 0.1) is 0 Å². The van der Waals surface area contributed by atoms with E-state index >= 15 is 0 Å². The molecule has 3 heteroatoms. The Hall–Kier alpha value is -0.570. The van der Waals surface area contributed by atoms with Crippen molar-refractivity contribution in [2.24, 2.45) is 5.92 Å². The lowest BCUT2D eigenvalue weighted by atomic mass is 10.0. The molecule has 0 saturated carbocycles. The number of aliphatic carboxylic acids is 1. The Morgan fingerprint density at radius 2 is 1.04 bits per heavy atom. The summed E-state index contributed by atoms with van der Waals surface area (Å²) in [5.74, 6) is 0.212. The van der Waals surface area contributed by atoms with Crippen LogP contribution in [0.2, 0.25) is 0 Å². The molecule has 0 aliphatic rings. The lowest BCUT2D eigenvalue weighted by Crippen LogP contribution is -1.92. The van der Waals surface area contributed by atoms with Gasteiger partial charge in [-0.25, -0.2) is 0 Å². The van der Waals surface area contributed by atoms with Gasteiger partial charge in [-0.05, 0) is 18.8 Å². The van der Waals surface area contributed by atoms with E-state index in [2.05, 4.69) is 20.8 Å². The quantitative estimate of drug-likeness (QED) is 0.203. The van der Waals surface area contributed by atoms with Crippen LogP contribution < -0.4 is 0 Å². The summed E-state index contributed by atoms with van der Waals surface area (Å²) >= 11 is 0. The Kier molecular flexibility index (Phi) is 28.0. The van der Waals surface area contributed by atoms with Crippen molar-refractivity contribution in [2.75, 3.05) is 6.61 Å². The van der Waals surface area contributed by atoms with Crippen LogP contribution in [0.3, 0.4) is 0 Å². The van der Waals surface area contributed by atoms with E-state index in [1.54, 1.807) is 0 Å². The molecule has 0 fully saturated rings. The molecule has 0 rings (SSSR count). The monoisotopic (exact) mass is 400 g/mol. The number of carboxylic acid groups (broad SMARTS) is 1.